The van der Waals surface area contributed by atoms with Crippen molar-refractivity contribution in [2.75, 3.05) is 13.1 Å². The smallest absolute Gasteiger partial charge is 0.161 e. The average molecular weight is 384 g/mol. The fourth-order valence-electron chi connectivity index (χ4n) is 8.16. The van der Waals surface area contributed by atoms with Gasteiger partial charge in [0.25, 0.3) is 0 Å². The first-order valence-electron chi connectivity index (χ1n) is 11.7. The lowest BCUT2D eigenvalue weighted by Gasteiger charge is -2.58. The number of carbonyl (C=O) groups is 1. The molecule has 1 aliphatic heterocycles. The van der Waals surface area contributed by atoms with Crippen LogP contribution in [0, 0.1) is 28.6 Å². The maximum absolute atomic E-state index is 12.4. The van der Waals surface area contributed by atoms with E-state index in [-0.39, 0.29) is 16.6 Å². The first-order chi connectivity index (χ1) is 13.3. The minimum Gasteiger partial charge on any atom is -0.382 e. The van der Waals surface area contributed by atoms with Crippen LogP contribution >= 0.6 is 0 Å². The highest BCUT2D eigenvalue weighted by molar-refractivity contribution is 5.86. The number of rotatable bonds is 2. The number of ketones is 1. The number of likely N-dealkylation sites (tertiary alicyclic amines) is 1. The van der Waals surface area contributed by atoms with Crippen molar-refractivity contribution in [2.24, 2.45) is 28.6 Å². The van der Waals surface area contributed by atoms with E-state index in [0.29, 0.717) is 24.2 Å². The molecule has 0 amide bonds. The first-order valence-corrected chi connectivity index (χ1v) is 11.7. The number of fused-ring (bicyclic) bond motifs is 5. The Bertz CT molecular complexity index is 748. The third kappa shape index (κ3) is 2.35. The summed E-state index contributed by atoms with van der Waals surface area (Å²) in [6.07, 6.45) is 15.2. The number of aliphatic hydroxyl groups is 1. The average Bonchev–Trinajstić information content (AvgIpc) is 3.29. The highest BCUT2D eigenvalue weighted by Gasteiger charge is 2.65. The van der Waals surface area contributed by atoms with Crippen molar-refractivity contribution in [2.45, 2.75) is 84.2 Å². The van der Waals surface area contributed by atoms with Crippen molar-refractivity contribution in [1.82, 2.24) is 4.90 Å². The van der Waals surface area contributed by atoms with E-state index in [1.165, 1.54) is 38.8 Å². The second-order valence-corrected chi connectivity index (χ2v) is 10.9. The Balaban J connectivity index is 1.46. The number of allylic oxidation sites excluding steroid dienone is 4. The van der Waals surface area contributed by atoms with Gasteiger partial charge in [0.2, 0.25) is 0 Å². The van der Waals surface area contributed by atoms with Crippen molar-refractivity contribution in [1.29, 1.82) is 0 Å². The minimum atomic E-state index is -1.09. The molecule has 0 aromatic carbocycles. The van der Waals surface area contributed by atoms with Crippen molar-refractivity contribution >= 4 is 5.78 Å². The lowest BCUT2D eigenvalue weighted by Crippen LogP contribution is -2.56. The Kier molecular flexibility index (Phi) is 4.19. The predicted octanol–water partition coefficient (Wildman–Crippen LogP) is 4.86. The number of carbonyl (C=O) groups excluding carboxylic acids is 1. The minimum absolute atomic E-state index is 0.00921. The maximum atomic E-state index is 12.4. The van der Waals surface area contributed by atoms with Gasteiger partial charge in [-0.3, -0.25) is 4.79 Å². The van der Waals surface area contributed by atoms with Gasteiger partial charge in [0.1, 0.15) is 5.60 Å². The molecule has 4 aliphatic carbocycles. The van der Waals surface area contributed by atoms with Gasteiger partial charge in [-0.2, -0.15) is 0 Å². The summed E-state index contributed by atoms with van der Waals surface area (Å²) in [5.41, 5.74) is 2.12. The molecule has 3 nitrogen and oxygen atoms in total. The molecule has 5 aliphatic rings. The van der Waals surface area contributed by atoms with E-state index in [4.69, 9.17) is 0 Å². The van der Waals surface area contributed by atoms with E-state index in [1.54, 1.807) is 18.2 Å². The molecule has 0 radical (unpaired) electrons. The molecule has 0 spiro atoms. The summed E-state index contributed by atoms with van der Waals surface area (Å²) in [5.74, 6) is 1.81. The van der Waals surface area contributed by atoms with Crippen LogP contribution in [0.3, 0.4) is 0 Å². The van der Waals surface area contributed by atoms with Gasteiger partial charge < -0.3 is 10.0 Å². The van der Waals surface area contributed by atoms with Crippen LogP contribution in [0.2, 0.25) is 0 Å². The van der Waals surface area contributed by atoms with Gasteiger partial charge in [-0.15, -0.1) is 0 Å². The van der Waals surface area contributed by atoms with Gasteiger partial charge in [-0.25, -0.2) is 0 Å². The van der Waals surface area contributed by atoms with Crippen molar-refractivity contribution in [3.05, 3.63) is 23.4 Å². The quantitative estimate of drug-likeness (QED) is 0.740. The fraction of sp³-hybridized carbons (Fsp3) is 0.800. The molecule has 0 bridgehead atoms. The molecule has 1 N–H and O–H groups in total. The molecule has 0 aromatic rings. The predicted molar refractivity (Wildman–Crippen MR) is 112 cm³/mol. The molecule has 0 aromatic heterocycles. The van der Waals surface area contributed by atoms with Crippen LogP contribution in [0.15, 0.2) is 23.4 Å². The summed E-state index contributed by atoms with van der Waals surface area (Å²) in [6.45, 7) is 8.82. The van der Waals surface area contributed by atoms with Crippen molar-refractivity contribution < 1.29 is 9.90 Å². The number of nitrogens with zero attached hydrogens (tertiary/aromatic N) is 1. The molecule has 2 saturated carbocycles. The Hall–Kier alpha value is -1.09. The number of hydrogen-bond donors (Lipinski definition) is 1. The highest BCUT2D eigenvalue weighted by atomic mass is 16.3. The SMILES string of the molecule is CC(=O)[C@@]1(O)CCC2C3CC=C4C=C(N5CCCC5)CC[C@]4(C)C3CC[C@@]21C. The van der Waals surface area contributed by atoms with E-state index in [1.807, 2.05) is 0 Å². The standard InChI is InChI=1S/C25H37NO2/c1-17(27)25(28)13-10-22-20-7-6-18-16-19(26-14-4-5-15-26)8-11-23(18,2)21(20)9-12-24(22,25)3/h6,16,20-22,28H,4-5,7-15H2,1-3H3/t20?,21?,22?,23-,24-,25-/m0/s1. The largest absolute Gasteiger partial charge is 0.382 e. The summed E-state index contributed by atoms with van der Waals surface area (Å²) >= 11 is 0. The van der Waals surface area contributed by atoms with Gasteiger partial charge in [0.05, 0.1) is 0 Å². The van der Waals surface area contributed by atoms with Crippen LogP contribution in [0.5, 0.6) is 0 Å². The number of hydrogen-bond acceptors (Lipinski definition) is 3. The lowest BCUT2D eigenvalue weighted by atomic mass is 9.47. The van der Waals surface area contributed by atoms with E-state index in [0.717, 1.165) is 25.7 Å². The summed E-state index contributed by atoms with van der Waals surface area (Å²) in [5, 5.41) is 11.3. The Morgan fingerprint density at radius 1 is 1.11 bits per heavy atom. The molecule has 6 atom stereocenters. The molecule has 28 heavy (non-hydrogen) atoms. The highest BCUT2D eigenvalue weighted by Crippen LogP contribution is 2.67. The van der Waals surface area contributed by atoms with Crippen LogP contribution < -0.4 is 0 Å². The molecular weight excluding hydrogens is 346 g/mol. The van der Waals surface area contributed by atoms with Crippen LogP contribution in [0.4, 0.5) is 0 Å². The van der Waals surface area contributed by atoms with Gasteiger partial charge in [-0.1, -0.05) is 19.9 Å². The molecule has 5 rings (SSSR count). The summed E-state index contributed by atoms with van der Waals surface area (Å²) in [6, 6.07) is 0. The van der Waals surface area contributed by atoms with Crippen molar-refractivity contribution in [3.8, 4) is 0 Å². The molecule has 3 fully saturated rings. The molecule has 1 heterocycles. The molecule has 1 saturated heterocycles. The van der Waals surface area contributed by atoms with Gasteiger partial charge in [0, 0.05) is 24.2 Å². The first kappa shape index (κ1) is 18.9. The zero-order valence-corrected chi connectivity index (χ0v) is 18.0. The third-order valence-electron chi connectivity index (χ3n) is 9.99. The Labute approximate surface area is 170 Å². The summed E-state index contributed by atoms with van der Waals surface area (Å²) in [4.78, 5) is 15.0. The lowest BCUT2D eigenvalue weighted by molar-refractivity contribution is -0.158. The number of Topliss-reactive ketones (excluding diaryl/α,β-unsaturated/α-hetero) is 1. The van der Waals surface area contributed by atoms with Crippen LogP contribution in [0.1, 0.15) is 78.6 Å². The Morgan fingerprint density at radius 2 is 1.82 bits per heavy atom. The van der Waals surface area contributed by atoms with Crippen LogP contribution in [-0.2, 0) is 4.79 Å². The Morgan fingerprint density at radius 3 is 2.54 bits per heavy atom. The topological polar surface area (TPSA) is 40.5 Å². The van der Waals surface area contributed by atoms with E-state index in [9.17, 15) is 9.90 Å². The van der Waals surface area contributed by atoms with E-state index in [2.05, 4.69) is 30.9 Å². The zero-order valence-electron chi connectivity index (χ0n) is 18.0. The molecule has 3 unspecified atom stereocenters. The van der Waals surface area contributed by atoms with Gasteiger partial charge in [-0.05, 0) is 99.5 Å². The normalized spacial score (nSPS) is 47.7. The summed E-state index contributed by atoms with van der Waals surface area (Å²) < 4.78 is 0. The van der Waals surface area contributed by atoms with E-state index < -0.39 is 5.60 Å². The monoisotopic (exact) mass is 383 g/mol. The van der Waals surface area contributed by atoms with E-state index >= 15 is 0 Å². The van der Waals surface area contributed by atoms with Gasteiger partial charge in [0.15, 0.2) is 5.78 Å². The second-order valence-electron chi connectivity index (χ2n) is 10.9. The van der Waals surface area contributed by atoms with Crippen molar-refractivity contribution in [3.63, 3.8) is 0 Å². The summed E-state index contributed by atoms with van der Waals surface area (Å²) in [7, 11) is 0. The second kappa shape index (κ2) is 6.20. The molecule has 154 valence electrons. The zero-order chi connectivity index (χ0) is 19.7. The van der Waals surface area contributed by atoms with Crippen LogP contribution in [0.25, 0.3) is 0 Å². The maximum Gasteiger partial charge on any atom is 0.161 e. The molecule has 3 heteroatoms. The fourth-order valence-corrected chi connectivity index (χ4v) is 8.16. The van der Waals surface area contributed by atoms with Gasteiger partial charge >= 0.3 is 0 Å². The third-order valence-corrected chi connectivity index (χ3v) is 9.99. The molecular formula is C25H37NO2. The van der Waals surface area contributed by atoms with Crippen LogP contribution in [-0.4, -0.2) is 34.5 Å².